The van der Waals surface area contributed by atoms with E-state index in [-0.39, 0.29) is 24.2 Å². The molecule has 1 unspecified atom stereocenters. The van der Waals surface area contributed by atoms with Crippen LogP contribution in [0.4, 0.5) is 11.4 Å². The predicted octanol–water partition coefficient (Wildman–Crippen LogP) is 1.39. The van der Waals surface area contributed by atoms with Crippen molar-refractivity contribution >= 4 is 47.2 Å². The first-order valence-corrected chi connectivity index (χ1v) is 7.86. The molecule has 1 aromatic rings. The van der Waals surface area contributed by atoms with E-state index in [2.05, 4.69) is 20.9 Å². The van der Waals surface area contributed by atoms with Gasteiger partial charge in [-0.3, -0.25) is 14.9 Å². The van der Waals surface area contributed by atoms with Crippen molar-refractivity contribution in [3.05, 3.63) is 23.2 Å². The smallest absolute Gasteiger partial charge is 0.249 e. The normalized spacial score (nSPS) is 21.4. The number of hydrogen-bond donors (Lipinski definition) is 3. The van der Waals surface area contributed by atoms with Crippen molar-refractivity contribution in [3.63, 3.8) is 0 Å². The number of hydrogen-bond acceptors (Lipinski definition) is 5. The number of nitrogens with zero attached hydrogens (tertiary/aromatic N) is 1. The summed E-state index contributed by atoms with van der Waals surface area (Å²) in [6, 6.07) is 5.34. The summed E-state index contributed by atoms with van der Waals surface area (Å²) in [7, 11) is 0. The van der Waals surface area contributed by atoms with Crippen LogP contribution in [0.1, 0.15) is 12.8 Å². The molecule has 2 heterocycles. The Morgan fingerprint density at radius 1 is 1.17 bits per heavy atom. The van der Waals surface area contributed by atoms with Crippen molar-refractivity contribution < 1.29 is 9.59 Å². The Kier molecular flexibility index (Phi) is 6.10. The van der Waals surface area contributed by atoms with Gasteiger partial charge in [0.1, 0.15) is 6.04 Å². The molecule has 0 aliphatic carbocycles. The number of halogens is 2. The van der Waals surface area contributed by atoms with Crippen molar-refractivity contribution in [2.45, 2.75) is 18.9 Å². The van der Waals surface area contributed by atoms with E-state index in [0.29, 0.717) is 17.9 Å². The van der Waals surface area contributed by atoms with Crippen LogP contribution in [0.3, 0.4) is 0 Å². The number of anilines is 2. The first-order chi connectivity index (χ1) is 10.6. The van der Waals surface area contributed by atoms with Gasteiger partial charge in [0.2, 0.25) is 11.8 Å². The highest BCUT2D eigenvalue weighted by Crippen LogP contribution is 2.27. The summed E-state index contributed by atoms with van der Waals surface area (Å²) in [6.07, 6.45) is 0.856. The highest BCUT2D eigenvalue weighted by atomic mass is 35.5. The van der Waals surface area contributed by atoms with Gasteiger partial charge in [-0.15, -0.1) is 12.4 Å². The highest BCUT2D eigenvalue weighted by Gasteiger charge is 2.26. The molecule has 23 heavy (non-hydrogen) atoms. The van der Waals surface area contributed by atoms with E-state index in [4.69, 9.17) is 11.6 Å². The second-order valence-corrected chi connectivity index (χ2v) is 6.02. The number of amides is 2. The molecule has 126 valence electrons. The summed E-state index contributed by atoms with van der Waals surface area (Å²) in [5, 5.41) is 9.48. The summed E-state index contributed by atoms with van der Waals surface area (Å²) in [6.45, 7) is 3.75. The van der Waals surface area contributed by atoms with Crippen LogP contribution in [0.5, 0.6) is 0 Å². The van der Waals surface area contributed by atoms with Crippen molar-refractivity contribution in [2.75, 3.05) is 36.4 Å². The van der Waals surface area contributed by atoms with E-state index in [1.807, 2.05) is 12.1 Å². The zero-order valence-electron chi connectivity index (χ0n) is 12.6. The minimum Gasteiger partial charge on any atom is -0.374 e. The zero-order valence-corrected chi connectivity index (χ0v) is 14.2. The molecule has 2 fully saturated rings. The number of nitrogens with one attached hydrogen (secondary N) is 3. The average Bonchev–Trinajstić information content (AvgIpc) is 2.50. The van der Waals surface area contributed by atoms with Crippen LogP contribution in [-0.2, 0) is 9.59 Å². The lowest BCUT2D eigenvalue weighted by atomic mass is 10.1. The number of rotatable bonds is 3. The third-order valence-electron chi connectivity index (χ3n) is 3.94. The maximum Gasteiger partial charge on any atom is 0.249 e. The summed E-state index contributed by atoms with van der Waals surface area (Å²) in [4.78, 5) is 25.3. The van der Waals surface area contributed by atoms with Crippen molar-refractivity contribution in [1.82, 2.24) is 10.6 Å². The molecule has 2 amide bonds. The van der Waals surface area contributed by atoms with Gasteiger partial charge in [0.05, 0.1) is 0 Å². The number of carbonyl (C=O) groups excluding carboxylic acids is 2. The zero-order chi connectivity index (χ0) is 15.5. The second kappa shape index (κ2) is 7.86. The molecule has 1 aromatic carbocycles. The Labute approximate surface area is 146 Å². The number of benzene rings is 1. The molecule has 8 heteroatoms. The number of piperidine rings is 1. The third kappa shape index (κ3) is 4.50. The lowest BCUT2D eigenvalue weighted by Crippen LogP contribution is -2.47. The van der Waals surface area contributed by atoms with E-state index in [0.717, 1.165) is 37.6 Å². The van der Waals surface area contributed by atoms with Crippen LogP contribution in [0.15, 0.2) is 18.2 Å². The van der Waals surface area contributed by atoms with Gasteiger partial charge in [-0.05, 0) is 24.6 Å². The molecule has 1 atom stereocenters. The van der Waals surface area contributed by atoms with Crippen LogP contribution in [0.25, 0.3) is 0 Å². The molecule has 3 N–H and O–H groups in total. The summed E-state index contributed by atoms with van der Waals surface area (Å²) < 4.78 is 0. The molecule has 0 saturated carbocycles. The summed E-state index contributed by atoms with van der Waals surface area (Å²) in [5.74, 6) is -0.490. The Morgan fingerprint density at radius 3 is 2.61 bits per heavy atom. The number of imide groups is 1. The highest BCUT2D eigenvalue weighted by molar-refractivity contribution is 6.31. The van der Waals surface area contributed by atoms with Crippen LogP contribution >= 0.6 is 24.0 Å². The Balaban J connectivity index is 0.00000192. The SMILES string of the molecule is Cl.O=C1CCC(Nc2cc(Cl)cc(N3CCNCC3)c2)C(=O)N1. The van der Waals surface area contributed by atoms with Gasteiger partial charge < -0.3 is 15.5 Å². The van der Waals surface area contributed by atoms with Crippen molar-refractivity contribution in [1.29, 1.82) is 0 Å². The number of carbonyl (C=O) groups is 2. The minimum atomic E-state index is -0.396. The second-order valence-electron chi connectivity index (χ2n) is 5.58. The van der Waals surface area contributed by atoms with Gasteiger partial charge in [0.15, 0.2) is 0 Å². The third-order valence-corrected chi connectivity index (χ3v) is 4.16. The molecule has 6 nitrogen and oxygen atoms in total. The molecule has 2 aliphatic heterocycles. The Morgan fingerprint density at radius 2 is 1.91 bits per heavy atom. The van der Waals surface area contributed by atoms with Gasteiger partial charge >= 0.3 is 0 Å². The Hall–Kier alpha value is -1.50. The van der Waals surface area contributed by atoms with Gasteiger partial charge in [0.25, 0.3) is 0 Å². The fourth-order valence-corrected chi connectivity index (χ4v) is 3.02. The molecule has 0 bridgehead atoms. The average molecular weight is 359 g/mol. The number of piperazine rings is 1. The molecule has 2 aliphatic rings. The van der Waals surface area contributed by atoms with Gasteiger partial charge in [-0.25, -0.2) is 0 Å². The van der Waals surface area contributed by atoms with Crippen LogP contribution in [0.2, 0.25) is 5.02 Å². The standard InChI is InChI=1S/C15H19ClN4O2.ClH/c16-10-7-11(18-13-1-2-14(21)19-15(13)22)9-12(8-10)20-5-3-17-4-6-20;/h7-9,13,17-18H,1-6H2,(H,19,21,22);1H. The monoisotopic (exact) mass is 358 g/mol. The largest absolute Gasteiger partial charge is 0.374 e. The molecular formula is C15H20Cl2N4O2. The first-order valence-electron chi connectivity index (χ1n) is 7.48. The molecule has 2 saturated heterocycles. The van der Waals surface area contributed by atoms with E-state index < -0.39 is 6.04 Å². The molecule has 0 aromatic heterocycles. The van der Waals surface area contributed by atoms with E-state index in [1.54, 1.807) is 6.07 Å². The van der Waals surface area contributed by atoms with E-state index in [1.165, 1.54) is 0 Å². The minimum absolute atomic E-state index is 0. The fraction of sp³-hybridized carbons (Fsp3) is 0.467. The maximum absolute atomic E-state index is 11.8. The predicted molar refractivity (Wildman–Crippen MR) is 93.6 cm³/mol. The van der Waals surface area contributed by atoms with Gasteiger partial charge in [-0.2, -0.15) is 0 Å². The van der Waals surface area contributed by atoms with E-state index >= 15 is 0 Å². The molecule has 0 spiro atoms. The van der Waals surface area contributed by atoms with Crippen LogP contribution in [-0.4, -0.2) is 44.0 Å². The molecule has 3 rings (SSSR count). The summed E-state index contributed by atoms with van der Waals surface area (Å²) >= 11 is 6.21. The molecule has 0 radical (unpaired) electrons. The topological polar surface area (TPSA) is 73.5 Å². The first kappa shape index (κ1) is 17.8. The van der Waals surface area contributed by atoms with Gasteiger partial charge in [-0.1, -0.05) is 11.6 Å². The van der Waals surface area contributed by atoms with Gasteiger partial charge in [0, 0.05) is 49.0 Å². The summed E-state index contributed by atoms with van der Waals surface area (Å²) in [5.41, 5.74) is 1.85. The maximum atomic E-state index is 11.8. The van der Waals surface area contributed by atoms with E-state index in [9.17, 15) is 9.59 Å². The fourth-order valence-electron chi connectivity index (χ4n) is 2.80. The lowest BCUT2D eigenvalue weighted by Gasteiger charge is -2.30. The quantitative estimate of drug-likeness (QED) is 0.712. The van der Waals surface area contributed by atoms with Crippen LogP contribution < -0.4 is 20.9 Å². The molecular weight excluding hydrogens is 339 g/mol. The van der Waals surface area contributed by atoms with Crippen molar-refractivity contribution in [3.8, 4) is 0 Å². The van der Waals surface area contributed by atoms with Crippen LogP contribution in [0, 0.1) is 0 Å². The lowest BCUT2D eigenvalue weighted by molar-refractivity contribution is -0.133. The van der Waals surface area contributed by atoms with Crippen molar-refractivity contribution in [2.24, 2.45) is 0 Å². The Bertz CT molecular complexity index is 591.